The van der Waals surface area contributed by atoms with Gasteiger partial charge in [-0.25, -0.2) is 13.6 Å². The Morgan fingerprint density at radius 1 is 1.37 bits per heavy atom. The van der Waals surface area contributed by atoms with E-state index in [0.717, 1.165) is 0 Å². The molecule has 19 heavy (non-hydrogen) atoms. The van der Waals surface area contributed by atoms with E-state index in [1.165, 1.54) is 6.92 Å². The minimum absolute atomic E-state index is 0.112. The number of aliphatic carboxylic acids is 1. The molecule has 0 aliphatic heterocycles. The first-order valence-electron chi connectivity index (χ1n) is 6.63. The van der Waals surface area contributed by atoms with Crippen LogP contribution < -0.4 is 5.32 Å². The molecule has 1 atom stereocenters. The van der Waals surface area contributed by atoms with Crippen molar-refractivity contribution >= 4 is 11.9 Å². The van der Waals surface area contributed by atoms with Crippen LogP contribution in [0.25, 0.3) is 0 Å². The van der Waals surface area contributed by atoms with Gasteiger partial charge in [-0.2, -0.15) is 0 Å². The summed E-state index contributed by atoms with van der Waals surface area (Å²) in [4.78, 5) is 23.2. The first kappa shape index (κ1) is 15.9. The summed E-state index contributed by atoms with van der Waals surface area (Å²) in [6.45, 7) is 3.28. The van der Waals surface area contributed by atoms with E-state index in [-0.39, 0.29) is 25.7 Å². The maximum Gasteiger partial charge on any atom is 0.329 e. The summed E-state index contributed by atoms with van der Waals surface area (Å²) in [6.07, 6.45) is 0.551. The number of nitrogens with one attached hydrogen (secondary N) is 1. The number of hydrogen-bond donors (Lipinski definition) is 2. The molecule has 0 radical (unpaired) electrons. The van der Waals surface area contributed by atoms with Gasteiger partial charge in [0.2, 0.25) is 11.8 Å². The molecule has 1 unspecified atom stereocenters. The van der Waals surface area contributed by atoms with Crippen LogP contribution in [-0.2, 0) is 9.59 Å². The van der Waals surface area contributed by atoms with Crippen molar-refractivity contribution in [2.45, 2.75) is 63.8 Å². The van der Waals surface area contributed by atoms with Crippen LogP contribution in [0.3, 0.4) is 0 Å². The van der Waals surface area contributed by atoms with E-state index >= 15 is 0 Å². The van der Waals surface area contributed by atoms with Crippen LogP contribution in [0.1, 0.15) is 52.4 Å². The van der Waals surface area contributed by atoms with Gasteiger partial charge in [-0.3, -0.25) is 4.79 Å². The van der Waals surface area contributed by atoms with Crippen molar-refractivity contribution in [2.24, 2.45) is 5.92 Å². The molecule has 1 aliphatic rings. The van der Waals surface area contributed by atoms with Gasteiger partial charge in [0, 0.05) is 18.8 Å². The number of carboxylic acids is 1. The quantitative estimate of drug-likeness (QED) is 0.811. The van der Waals surface area contributed by atoms with Crippen LogP contribution in [-0.4, -0.2) is 28.4 Å². The highest BCUT2D eigenvalue weighted by Gasteiger charge is 2.40. The molecule has 4 nitrogen and oxygen atoms in total. The number of carbonyl (C=O) groups is 2. The highest BCUT2D eigenvalue weighted by atomic mass is 19.3. The molecule has 0 aromatic heterocycles. The fraction of sp³-hybridized carbons (Fsp3) is 0.846. The average Bonchev–Trinajstić information content (AvgIpc) is 2.28. The summed E-state index contributed by atoms with van der Waals surface area (Å²) >= 11 is 0. The van der Waals surface area contributed by atoms with Gasteiger partial charge in [-0.1, -0.05) is 13.3 Å². The molecule has 110 valence electrons. The molecular weight excluding hydrogens is 256 g/mol. The second-order valence-electron chi connectivity index (χ2n) is 5.51. The molecule has 0 bridgehead atoms. The third kappa shape index (κ3) is 4.14. The Balaban J connectivity index is 2.61. The normalized spacial score (nSPS) is 22.5. The van der Waals surface area contributed by atoms with Crippen LogP contribution >= 0.6 is 0 Å². The molecule has 1 amide bonds. The third-order valence-corrected chi connectivity index (χ3v) is 3.71. The lowest BCUT2D eigenvalue weighted by Crippen LogP contribution is -2.54. The number of amides is 1. The van der Waals surface area contributed by atoms with Crippen molar-refractivity contribution in [1.29, 1.82) is 0 Å². The Morgan fingerprint density at radius 2 is 1.89 bits per heavy atom. The van der Waals surface area contributed by atoms with E-state index in [0.29, 0.717) is 12.8 Å². The largest absolute Gasteiger partial charge is 0.480 e. The highest BCUT2D eigenvalue weighted by Crippen LogP contribution is 2.36. The molecule has 0 heterocycles. The zero-order chi connectivity index (χ0) is 14.7. The Kier molecular flexibility index (Phi) is 4.87. The van der Waals surface area contributed by atoms with Gasteiger partial charge >= 0.3 is 5.97 Å². The molecule has 1 aliphatic carbocycles. The Labute approximate surface area is 111 Å². The molecular formula is C13H21F2NO3. The highest BCUT2D eigenvalue weighted by molar-refractivity contribution is 5.87. The van der Waals surface area contributed by atoms with E-state index in [4.69, 9.17) is 5.11 Å². The van der Waals surface area contributed by atoms with Gasteiger partial charge in [0.25, 0.3) is 0 Å². The van der Waals surface area contributed by atoms with Crippen LogP contribution in [0.15, 0.2) is 0 Å². The molecule has 6 heteroatoms. The smallest absolute Gasteiger partial charge is 0.329 e. The molecule has 1 saturated carbocycles. The predicted octanol–water partition coefficient (Wildman–Crippen LogP) is 2.57. The lowest BCUT2D eigenvalue weighted by atomic mass is 9.85. The predicted molar refractivity (Wildman–Crippen MR) is 66.0 cm³/mol. The van der Waals surface area contributed by atoms with Crippen molar-refractivity contribution in [3.8, 4) is 0 Å². The van der Waals surface area contributed by atoms with Gasteiger partial charge in [0.1, 0.15) is 5.54 Å². The van der Waals surface area contributed by atoms with Crippen molar-refractivity contribution < 1.29 is 23.5 Å². The second kappa shape index (κ2) is 5.84. The third-order valence-electron chi connectivity index (χ3n) is 3.71. The van der Waals surface area contributed by atoms with Gasteiger partial charge in [-0.05, 0) is 26.2 Å². The maximum absolute atomic E-state index is 13.0. The molecule has 0 aromatic carbocycles. The van der Waals surface area contributed by atoms with E-state index in [1.807, 2.05) is 6.92 Å². The number of carbonyl (C=O) groups excluding carboxylic acids is 1. The lowest BCUT2D eigenvalue weighted by molar-refractivity contribution is -0.148. The van der Waals surface area contributed by atoms with Crippen molar-refractivity contribution in [1.82, 2.24) is 5.32 Å². The molecule has 1 fully saturated rings. The number of alkyl halides is 2. The van der Waals surface area contributed by atoms with Crippen molar-refractivity contribution in [3.05, 3.63) is 0 Å². The fourth-order valence-electron chi connectivity index (χ4n) is 2.40. The fourth-order valence-corrected chi connectivity index (χ4v) is 2.40. The Bertz CT molecular complexity index is 350. The van der Waals surface area contributed by atoms with E-state index < -0.39 is 29.3 Å². The number of rotatable bonds is 5. The first-order chi connectivity index (χ1) is 8.70. The van der Waals surface area contributed by atoms with E-state index in [1.54, 1.807) is 0 Å². The summed E-state index contributed by atoms with van der Waals surface area (Å²) in [7, 11) is 0. The minimum Gasteiger partial charge on any atom is -0.480 e. The van der Waals surface area contributed by atoms with Gasteiger partial charge in [0.05, 0.1) is 0 Å². The zero-order valence-corrected chi connectivity index (χ0v) is 11.3. The number of halogens is 2. The SMILES string of the molecule is CCCC(C)(NC(=O)C1CCC(F)(F)CC1)C(=O)O. The van der Waals surface area contributed by atoms with E-state index in [9.17, 15) is 18.4 Å². The molecule has 0 aromatic rings. The van der Waals surface area contributed by atoms with Crippen molar-refractivity contribution in [3.63, 3.8) is 0 Å². The topological polar surface area (TPSA) is 66.4 Å². The van der Waals surface area contributed by atoms with Gasteiger partial charge in [0.15, 0.2) is 0 Å². The average molecular weight is 277 g/mol. The van der Waals surface area contributed by atoms with Crippen LogP contribution in [0.5, 0.6) is 0 Å². The number of hydrogen-bond acceptors (Lipinski definition) is 2. The summed E-state index contributed by atoms with van der Waals surface area (Å²) in [5, 5.41) is 11.7. The van der Waals surface area contributed by atoms with Gasteiger partial charge < -0.3 is 10.4 Å². The summed E-state index contributed by atoms with van der Waals surface area (Å²) < 4.78 is 26.0. The maximum atomic E-state index is 13.0. The standard InChI is InChI=1S/C13H21F2NO3/c1-3-6-12(2,11(18)19)16-10(17)9-4-7-13(14,15)8-5-9/h9H,3-8H2,1-2H3,(H,16,17)(H,18,19). The van der Waals surface area contributed by atoms with E-state index in [2.05, 4.69) is 5.32 Å². The number of carboxylic acid groups (broad SMARTS) is 1. The van der Waals surface area contributed by atoms with Crippen LogP contribution in [0.2, 0.25) is 0 Å². The molecule has 1 rings (SSSR count). The summed E-state index contributed by atoms with van der Waals surface area (Å²) in [6, 6.07) is 0. The van der Waals surface area contributed by atoms with Crippen LogP contribution in [0.4, 0.5) is 8.78 Å². The van der Waals surface area contributed by atoms with Crippen molar-refractivity contribution in [2.75, 3.05) is 0 Å². The summed E-state index contributed by atoms with van der Waals surface area (Å²) in [5.41, 5.74) is -1.31. The van der Waals surface area contributed by atoms with Gasteiger partial charge in [-0.15, -0.1) is 0 Å². The lowest BCUT2D eigenvalue weighted by Gasteiger charge is -2.31. The summed E-state index contributed by atoms with van der Waals surface area (Å²) in [5.74, 6) is -4.70. The molecule has 0 saturated heterocycles. The molecule has 2 N–H and O–H groups in total. The zero-order valence-electron chi connectivity index (χ0n) is 11.3. The minimum atomic E-state index is -2.68. The second-order valence-corrected chi connectivity index (χ2v) is 5.51. The Hall–Kier alpha value is -1.20. The first-order valence-corrected chi connectivity index (χ1v) is 6.63. The molecule has 0 spiro atoms. The monoisotopic (exact) mass is 277 g/mol. The van der Waals surface area contributed by atoms with Crippen LogP contribution in [0, 0.1) is 5.92 Å². The Morgan fingerprint density at radius 3 is 2.32 bits per heavy atom.